The number of carbonyl (C=O) groups is 3. The van der Waals surface area contributed by atoms with Gasteiger partial charge in [0.25, 0.3) is 11.8 Å². The first-order valence-electron chi connectivity index (χ1n) is 13.9. The molecule has 0 saturated carbocycles. The zero-order chi connectivity index (χ0) is 31.8. The van der Waals surface area contributed by atoms with Crippen LogP contribution in [0.4, 0.5) is 10.8 Å². The van der Waals surface area contributed by atoms with Gasteiger partial charge in [-0.05, 0) is 79.2 Å². The summed E-state index contributed by atoms with van der Waals surface area (Å²) in [5.41, 5.74) is 2.42. The summed E-state index contributed by atoms with van der Waals surface area (Å²) in [6.07, 6.45) is 1.59. The molecule has 0 aliphatic carbocycles. The number of nitrogens with zero attached hydrogens (tertiary/aromatic N) is 1. The predicted octanol–water partition coefficient (Wildman–Crippen LogP) is 6.84. The lowest BCUT2D eigenvalue weighted by atomic mass is 10.1. The van der Waals surface area contributed by atoms with Gasteiger partial charge in [-0.15, -0.1) is 11.8 Å². The number of nitrogens with one attached hydrogen (secondary N) is 3. The van der Waals surface area contributed by atoms with Crippen molar-refractivity contribution in [3.8, 4) is 11.5 Å². The van der Waals surface area contributed by atoms with Gasteiger partial charge in [-0.1, -0.05) is 47.7 Å². The molecule has 5 aromatic rings. The summed E-state index contributed by atoms with van der Waals surface area (Å²) in [7, 11) is 3.16. The van der Waals surface area contributed by atoms with Gasteiger partial charge in [0.1, 0.15) is 17.2 Å². The first-order valence-corrected chi connectivity index (χ1v) is 15.6. The quantitative estimate of drug-likeness (QED) is 0.107. The van der Waals surface area contributed by atoms with Crippen LogP contribution in [0.2, 0.25) is 0 Å². The third kappa shape index (κ3) is 8.28. The average molecular weight is 639 g/mol. The molecule has 0 radical (unpaired) electrons. The maximum absolute atomic E-state index is 13.5. The number of fused-ring (bicyclic) bond motifs is 1. The number of rotatable bonds is 11. The Kier molecular flexibility index (Phi) is 10.1. The minimum Gasteiger partial charge on any atom is -0.497 e. The van der Waals surface area contributed by atoms with E-state index in [9.17, 15) is 14.4 Å². The van der Waals surface area contributed by atoms with Crippen LogP contribution in [0, 0.1) is 0 Å². The van der Waals surface area contributed by atoms with Crippen LogP contribution in [-0.4, -0.2) is 42.2 Å². The number of methoxy groups -OCH3 is 2. The van der Waals surface area contributed by atoms with E-state index in [1.165, 1.54) is 23.1 Å². The van der Waals surface area contributed by atoms with Crippen molar-refractivity contribution in [3.63, 3.8) is 0 Å². The molecule has 3 amide bonds. The number of aromatic nitrogens is 1. The molecule has 9 nitrogen and oxygen atoms in total. The number of benzene rings is 4. The molecule has 0 aliphatic heterocycles. The third-order valence-corrected chi connectivity index (χ3v) is 8.56. The summed E-state index contributed by atoms with van der Waals surface area (Å²) < 4.78 is 11.5. The molecular formula is C34H30N4O5S2. The second-order valence-electron chi connectivity index (χ2n) is 9.74. The lowest BCUT2D eigenvalue weighted by Gasteiger charge is -2.14. The molecular weight excluding hydrogens is 609 g/mol. The predicted molar refractivity (Wildman–Crippen MR) is 180 cm³/mol. The van der Waals surface area contributed by atoms with Crippen molar-refractivity contribution in [1.82, 2.24) is 10.3 Å². The van der Waals surface area contributed by atoms with Gasteiger partial charge in [0.05, 0.1) is 29.7 Å². The number of hydrogen-bond donors (Lipinski definition) is 3. The van der Waals surface area contributed by atoms with Crippen LogP contribution < -0.4 is 25.4 Å². The van der Waals surface area contributed by atoms with Gasteiger partial charge in [-0.2, -0.15) is 0 Å². The Labute approximate surface area is 268 Å². The van der Waals surface area contributed by atoms with Crippen LogP contribution in [0.15, 0.2) is 108 Å². The molecule has 0 spiro atoms. The van der Waals surface area contributed by atoms with Crippen molar-refractivity contribution >= 4 is 67.9 Å². The lowest BCUT2D eigenvalue weighted by Crippen LogP contribution is -2.30. The maximum Gasteiger partial charge on any atom is 0.272 e. The molecule has 11 heteroatoms. The van der Waals surface area contributed by atoms with E-state index in [1.807, 2.05) is 30.3 Å². The van der Waals surface area contributed by atoms with Gasteiger partial charge in [0, 0.05) is 16.1 Å². The number of amides is 3. The minimum absolute atomic E-state index is 0.0522. The van der Waals surface area contributed by atoms with E-state index in [4.69, 9.17) is 9.47 Å². The number of hydrogen-bond acceptors (Lipinski definition) is 8. The highest BCUT2D eigenvalue weighted by atomic mass is 32.2. The van der Waals surface area contributed by atoms with Crippen molar-refractivity contribution in [2.75, 3.05) is 24.9 Å². The smallest absolute Gasteiger partial charge is 0.272 e. The summed E-state index contributed by atoms with van der Waals surface area (Å²) in [6.45, 7) is 1.80. The van der Waals surface area contributed by atoms with Crippen molar-refractivity contribution in [1.29, 1.82) is 0 Å². The van der Waals surface area contributed by atoms with Crippen LogP contribution in [0.3, 0.4) is 0 Å². The number of thioether (sulfide) groups is 1. The van der Waals surface area contributed by atoms with E-state index in [-0.39, 0.29) is 11.6 Å². The highest BCUT2D eigenvalue weighted by Gasteiger charge is 2.19. The summed E-state index contributed by atoms with van der Waals surface area (Å²) >= 11 is 2.72. The molecule has 0 bridgehead atoms. The molecule has 0 aliphatic rings. The Morgan fingerprint density at radius 3 is 2.38 bits per heavy atom. The van der Waals surface area contributed by atoms with E-state index in [0.29, 0.717) is 27.7 Å². The van der Waals surface area contributed by atoms with E-state index in [2.05, 4.69) is 20.9 Å². The summed E-state index contributed by atoms with van der Waals surface area (Å²) in [6, 6.07) is 28.5. The van der Waals surface area contributed by atoms with Crippen molar-refractivity contribution in [3.05, 3.63) is 114 Å². The number of carbonyl (C=O) groups excluding carboxylic acids is 3. The van der Waals surface area contributed by atoms with Crippen LogP contribution in [0.25, 0.3) is 16.3 Å². The first kappa shape index (κ1) is 31.3. The van der Waals surface area contributed by atoms with E-state index in [1.54, 1.807) is 93.9 Å². The van der Waals surface area contributed by atoms with Gasteiger partial charge in [0.15, 0.2) is 5.13 Å². The van der Waals surface area contributed by atoms with Crippen molar-refractivity contribution in [2.24, 2.45) is 0 Å². The molecule has 45 heavy (non-hydrogen) atoms. The third-order valence-electron chi connectivity index (χ3n) is 6.53. The SMILES string of the molecule is COc1cccc(/C=C(\NC(=O)c2ccccc2)C(=O)Nc2cccc(SC(C)C(=O)Nc3nc4ccc(OC)cc4s3)c2)c1. The normalized spacial score (nSPS) is 11.8. The van der Waals surface area contributed by atoms with Crippen molar-refractivity contribution < 1.29 is 23.9 Å². The molecule has 0 saturated heterocycles. The highest BCUT2D eigenvalue weighted by molar-refractivity contribution is 8.00. The molecule has 5 rings (SSSR count). The van der Waals surface area contributed by atoms with Gasteiger partial charge in [-0.3, -0.25) is 14.4 Å². The minimum atomic E-state index is -0.512. The number of anilines is 2. The Morgan fingerprint density at radius 2 is 1.60 bits per heavy atom. The average Bonchev–Trinajstić information content (AvgIpc) is 3.46. The fourth-order valence-corrected chi connectivity index (χ4v) is 6.06. The molecule has 228 valence electrons. The second-order valence-corrected chi connectivity index (χ2v) is 12.2. The second kappa shape index (κ2) is 14.6. The van der Waals surface area contributed by atoms with Gasteiger partial charge < -0.3 is 25.4 Å². The fourth-order valence-electron chi connectivity index (χ4n) is 4.24. The Balaban J connectivity index is 1.28. The number of ether oxygens (including phenoxy) is 2. The van der Waals surface area contributed by atoms with Crippen molar-refractivity contribution in [2.45, 2.75) is 17.1 Å². The largest absolute Gasteiger partial charge is 0.497 e. The Bertz CT molecular complexity index is 1870. The van der Waals surface area contributed by atoms with Gasteiger partial charge in [-0.25, -0.2) is 4.98 Å². The first-order chi connectivity index (χ1) is 21.8. The molecule has 1 aromatic heterocycles. The zero-order valence-electron chi connectivity index (χ0n) is 24.7. The maximum atomic E-state index is 13.5. The topological polar surface area (TPSA) is 119 Å². The lowest BCUT2D eigenvalue weighted by molar-refractivity contribution is -0.115. The van der Waals surface area contributed by atoms with Gasteiger partial charge in [0.2, 0.25) is 5.91 Å². The Morgan fingerprint density at radius 1 is 0.844 bits per heavy atom. The summed E-state index contributed by atoms with van der Waals surface area (Å²) in [5.74, 6) is 0.206. The highest BCUT2D eigenvalue weighted by Crippen LogP contribution is 2.31. The molecule has 1 atom stereocenters. The van der Waals surface area contributed by atoms with Crippen LogP contribution >= 0.6 is 23.1 Å². The van der Waals surface area contributed by atoms with Crippen LogP contribution in [0.5, 0.6) is 11.5 Å². The number of thiazole rings is 1. The summed E-state index contributed by atoms with van der Waals surface area (Å²) in [5, 5.41) is 8.55. The van der Waals surface area contributed by atoms with Crippen LogP contribution in [0.1, 0.15) is 22.8 Å². The Hall–Kier alpha value is -5.13. The zero-order valence-corrected chi connectivity index (χ0v) is 26.3. The fraction of sp³-hybridized carbons (Fsp3) is 0.118. The molecule has 1 unspecified atom stereocenters. The van der Waals surface area contributed by atoms with Gasteiger partial charge >= 0.3 is 0 Å². The standard InChI is InChI=1S/C34H30N4O5S2/c1-21(31(39)38-34-37-28-16-15-26(43-3)20-30(28)45-34)44-27-14-8-12-24(19-27)35-33(41)29(18-22-9-7-13-25(17-22)42-2)36-32(40)23-10-5-4-6-11-23/h4-21H,1-3H3,(H,35,41)(H,36,40)(H,37,38,39)/b29-18-. The molecule has 0 fully saturated rings. The monoisotopic (exact) mass is 638 g/mol. The van der Waals surface area contributed by atoms with E-state index < -0.39 is 17.1 Å². The molecule has 3 N–H and O–H groups in total. The van der Waals surface area contributed by atoms with E-state index in [0.717, 1.165) is 20.9 Å². The summed E-state index contributed by atoms with van der Waals surface area (Å²) in [4.78, 5) is 44.7. The van der Waals surface area contributed by atoms with Crippen LogP contribution in [-0.2, 0) is 9.59 Å². The molecule has 1 heterocycles. The molecule has 4 aromatic carbocycles. The van der Waals surface area contributed by atoms with E-state index >= 15 is 0 Å².